The largest absolute Gasteiger partial charge is 0.423 e. The first-order valence-corrected chi connectivity index (χ1v) is 5.37. The van der Waals surface area contributed by atoms with Crippen LogP contribution in [0, 0.1) is 11.3 Å². The van der Waals surface area contributed by atoms with E-state index in [4.69, 9.17) is 26.3 Å². The predicted molar refractivity (Wildman–Crippen MR) is 64.0 cm³/mol. The average Bonchev–Trinajstić information content (AvgIpc) is 2.29. The minimum Gasteiger partial charge on any atom is -0.423 e. The Balaban J connectivity index is 3.47. The van der Waals surface area contributed by atoms with Gasteiger partial charge in [-0.05, 0) is 23.7 Å². The molecule has 0 bridgehead atoms. The van der Waals surface area contributed by atoms with E-state index >= 15 is 0 Å². The molecule has 0 amide bonds. The molecule has 0 saturated heterocycles. The van der Waals surface area contributed by atoms with E-state index in [1.807, 2.05) is 0 Å². The summed E-state index contributed by atoms with van der Waals surface area (Å²) in [4.78, 5) is 33.0. The van der Waals surface area contributed by atoms with Gasteiger partial charge in [0.1, 0.15) is 6.07 Å². The summed E-state index contributed by atoms with van der Waals surface area (Å²) in [6, 6.07) is 3.99. The molecule has 0 heterocycles. The van der Waals surface area contributed by atoms with E-state index in [-0.39, 0.29) is 22.6 Å². The third-order valence-electron chi connectivity index (χ3n) is 1.90. The van der Waals surface area contributed by atoms with Crippen LogP contribution < -0.4 is 9.47 Å². The molecule has 1 aromatic rings. The van der Waals surface area contributed by atoms with Crippen LogP contribution in [0.3, 0.4) is 0 Å². The summed E-state index contributed by atoms with van der Waals surface area (Å²) in [5.74, 6) is -1.84. The van der Waals surface area contributed by atoms with Gasteiger partial charge in [0, 0.05) is 19.4 Å². The topological polar surface area (TPSA) is 93.5 Å². The first kappa shape index (κ1) is 14.7. The minimum atomic E-state index is -0.834. The summed E-state index contributed by atoms with van der Waals surface area (Å²) in [7, 11) is 0. The van der Waals surface area contributed by atoms with E-state index in [2.05, 4.69) is 0 Å². The first-order valence-electron chi connectivity index (χ1n) is 5.00. The van der Waals surface area contributed by atoms with Crippen LogP contribution in [0.1, 0.15) is 29.8 Å². The summed E-state index contributed by atoms with van der Waals surface area (Å²) in [5, 5.41) is 8.13. The van der Waals surface area contributed by atoms with Crippen molar-refractivity contribution in [2.45, 2.75) is 13.8 Å². The van der Waals surface area contributed by atoms with Gasteiger partial charge in [-0.3, -0.25) is 14.4 Å². The Morgan fingerprint density at radius 1 is 1.16 bits per heavy atom. The number of benzene rings is 1. The lowest BCUT2D eigenvalue weighted by Crippen LogP contribution is -2.09. The maximum Gasteiger partial charge on any atom is 0.308 e. The average molecular weight is 282 g/mol. The van der Waals surface area contributed by atoms with Crippen molar-refractivity contribution < 1.29 is 23.9 Å². The lowest BCUT2D eigenvalue weighted by Gasteiger charge is -2.11. The second-order valence-electron chi connectivity index (χ2n) is 3.42. The number of rotatable bonds is 3. The molecule has 0 aliphatic carbocycles. The van der Waals surface area contributed by atoms with Gasteiger partial charge in [0.15, 0.2) is 11.5 Å². The van der Waals surface area contributed by atoms with Gasteiger partial charge in [-0.25, -0.2) is 0 Å². The molecule has 0 saturated carbocycles. The van der Waals surface area contributed by atoms with Gasteiger partial charge >= 0.3 is 11.9 Å². The fraction of sp³-hybridized carbons (Fsp3) is 0.167. The van der Waals surface area contributed by atoms with E-state index in [9.17, 15) is 14.4 Å². The van der Waals surface area contributed by atoms with Crippen molar-refractivity contribution in [3.05, 3.63) is 23.3 Å². The Bertz CT molecular complexity index is 603. The molecule has 6 nitrogen and oxygen atoms in total. The van der Waals surface area contributed by atoms with E-state index in [1.165, 1.54) is 0 Å². The van der Waals surface area contributed by atoms with Crippen LogP contribution in [0.5, 0.6) is 11.5 Å². The molecule has 0 aliphatic heterocycles. The van der Waals surface area contributed by atoms with E-state index in [0.717, 1.165) is 26.0 Å². The van der Waals surface area contributed by atoms with Crippen molar-refractivity contribution >= 4 is 28.8 Å². The molecule has 0 spiro atoms. The number of hydrogen-bond acceptors (Lipinski definition) is 6. The van der Waals surface area contributed by atoms with Crippen molar-refractivity contribution in [1.29, 1.82) is 5.26 Å². The zero-order valence-electron chi connectivity index (χ0n) is 10.0. The molecular formula is C12H8ClNO5. The van der Waals surface area contributed by atoms with Gasteiger partial charge in [0.05, 0.1) is 5.56 Å². The third-order valence-corrected chi connectivity index (χ3v) is 2.12. The molecule has 0 atom stereocenters. The highest BCUT2D eigenvalue weighted by molar-refractivity contribution is 6.67. The fourth-order valence-electron chi connectivity index (χ4n) is 1.28. The first-order chi connectivity index (χ1) is 8.85. The molecule has 0 fully saturated rings. The highest BCUT2D eigenvalue weighted by Crippen LogP contribution is 2.33. The standard InChI is InChI=1S/C12H8ClNO5/c1-6(15)18-10-4-8(12(13)17)3-9(5-14)11(10)19-7(2)16/h3-4H,1-2H3. The lowest BCUT2D eigenvalue weighted by molar-refractivity contribution is -0.134. The van der Waals surface area contributed by atoms with Gasteiger partial charge in [-0.2, -0.15) is 5.26 Å². The number of halogens is 1. The molecule has 1 aromatic carbocycles. The lowest BCUT2D eigenvalue weighted by atomic mass is 10.1. The molecule has 1 rings (SSSR count). The maximum absolute atomic E-state index is 11.1. The van der Waals surface area contributed by atoms with Gasteiger partial charge < -0.3 is 9.47 Å². The number of nitriles is 1. The molecule has 0 N–H and O–H groups in total. The normalized spacial score (nSPS) is 9.37. The zero-order chi connectivity index (χ0) is 14.6. The molecule has 98 valence electrons. The van der Waals surface area contributed by atoms with Crippen molar-refractivity contribution in [3.8, 4) is 17.6 Å². The third kappa shape index (κ3) is 3.79. The summed E-state index contributed by atoms with van der Waals surface area (Å²) < 4.78 is 9.61. The number of carbonyl (C=O) groups is 3. The maximum atomic E-state index is 11.1. The van der Waals surface area contributed by atoms with Crippen LogP contribution in [0.25, 0.3) is 0 Å². The smallest absolute Gasteiger partial charge is 0.308 e. The Morgan fingerprint density at radius 2 is 1.74 bits per heavy atom. The summed E-state index contributed by atoms with van der Waals surface area (Å²) in [6.07, 6.45) is 0. The number of hydrogen-bond donors (Lipinski definition) is 0. The summed E-state index contributed by atoms with van der Waals surface area (Å²) in [5.41, 5.74) is -0.191. The Morgan fingerprint density at radius 3 is 2.16 bits per heavy atom. The molecule has 0 unspecified atom stereocenters. The molecule has 0 aromatic heterocycles. The zero-order valence-corrected chi connectivity index (χ0v) is 10.8. The Labute approximate surface area is 113 Å². The highest BCUT2D eigenvalue weighted by atomic mass is 35.5. The van der Waals surface area contributed by atoms with Crippen LogP contribution in [-0.2, 0) is 9.59 Å². The number of ether oxygens (including phenoxy) is 2. The van der Waals surface area contributed by atoms with Crippen molar-refractivity contribution in [3.63, 3.8) is 0 Å². The van der Waals surface area contributed by atoms with Crippen LogP contribution in [0.2, 0.25) is 0 Å². The summed E-state index contributed by atoms with van der Waals surface area (Å²) in [6.45, 7) is 2.25. The molecule has 7 heteroatoms. The summed E-state index contributed by atoms with van der Waals surface area (Å²) >= 11 is 5.30. The molecule has 0 aliphatic rings. The van der Waals surface area contributed by atoms with Crippen LogP contribution in [0.15, 0.2) is 12.1 Å². The molecule has 0 radical (unpaired) electrons. The number of esters is 2. The van der Waals surface area contributed by atoms with Crippen LogP contribution >= 0.6 is 11.6 Å². The second kappa shape index (κ2) is 5.98. The van der Waals surface area contributed by atoms with Crippen LogP contribution in [-0.4, -0.2) is 17.2 Å². The quantitative estimate of drug-likeness (QED) is 0.476. The Hall–Kier alpha value is -2.39. The number of nitrogens with zero attached hydrogens (tertiary/aromatic N) is 1. The van der Waals surface area contributed by atoms with Crippen molar-refractivity contribution in [2.75, 3.05) is 0 Å². The fourth-order valence-corrected chi connectivity index (χ4v) is 1.39. The van der Waals surface area contributed by atoms with Crippen molar-refractivity contribution in [2.24, 2.45) is 0 Å². The molecular weight excluding hydrogens is 274 g/mol. The predicted octanol–water partition coefficient (Wildman–Crippen LogP) is 1.79. The second-order valence-corrected chi connectivity index (χ2v) is 3.77. The van der Waals surface area contributed by atoms with E-state index in [0.29, 0.717) is 0 Å². The van der Waals surface area contributed by atoms with Crippen molar-refractivity contribution in [1.82, 2.24) is 0 Å². The van der Waals surface area contributed by atoms with E-state index < -0.39 is 17.2 Å². The van der Waals surface area contributed by atoms with Gasteiger partial charge in [-0.1, -0.05) is 0 Å². The van der Waals surface area contributed by atoms with Crippen LogP contribution in [0.4, 0.5) is 0 Å². The highest BCUT2D eigenvalue weighted by Gasteiger charge is 2.19. The monoisotopic (exact) mass is 281 g/mol. The number of carbonyl (C=O) groups excluding carboxylic acids is 3. The van der Waals surface area contributed by atoms with Gasteiger partial charge in [-0.15, -0.1) is 0 Å². The Kier molecular flexibility index (Phi) is 4.62. The van der Waals surface area contributed by atoms with E-state index in [1.54, 1.807) is 6.07 Å². The molecule has 19 heavy (non-hydrogen) atoms. The minimum absolute atomic E-state index is 0.0506. The van der Waals surface area contributed by atoms with Gasteiger partial charge in [0.2, 0.25) is 0 Å². The van der Waals surface area contributed by atoms with Gasteiger partial charge in [0.25, 0.3) is 5.24 Å². The SMILES string of the molecule is CC(=O)Oc1cc(C(=O)Cl)cc(C#N)c1OC(C)=O.